The van der Waals surface area contributed by atoms with E-state index in [2.05, 4.69) is 4.98 Å². The van der Waals surface area contributed by atoms with E-state index in [1.54, 1.807) is 24.3 Å². The first-order chi connectivity index (χ1) is 20.4. The van der Waals surface area contributed by atoms with Crippen molar-refractivity contribution in [1.82, 2.24) is 4.98 Å². The number of non-ortho nitro benzene ring substituents is 1. The molecule has 1 aliphatic heterocycles. The topological polar surface area (TPSA) is 174 Å². The van der Waals surface area contributed by atoms with E-state index >= 15 is 0 Å². The van der Waals surface area contributed by atoms with Crippen molar-refractivity contribution >= 4 is 55.4 Å². The van der Waals surface area contributed by atoms with Crippen LogP contribution in [0.25, 0.3) is 5.76 Å². The zero-order chi connectivity index (χ0) is 31.1. The molecule has 1 aromatic heterocycles. The van der Waals surface area contributed by atoms with Gasteiger partial charge in [-0.1, -0.05) is 53.3 Å². The number of benzene rings is 3. The Kier molecular flexibility index (Phi) is 7.65. The minimum Gasteiger partial charge on any atom is -0.507 e. The van der Waals surface area contributed by atoms with Crippen molar-refractivity contribution < 1.29 is 37.6 Å². The van der Waals surface area contributed by atoms with Crippen molar-refractivity contribution in [1.29, 1.82) is 0 Å². The maximum atomic E-state index is 13.5. The highest BCUT2D eigenvalue weighted by molar-refractivity contribution is 7.93. The third kappa shape index (κ3) is 5.29. The summed E-state index contributed by atoms with van der Waals surface area (Å²) in [6.07, 6.45) is 1.02. The Labute approximate surface area is 248 Å². The second-order valence-electron chi connectivity index (χ2n) is 9.37. The van der Waals surface area contributed by atoms with Gasteiger partial charge in [0.1, 0.15) is 9.97 Å². The van der Waals surface area contributed by atoms with Crippen molar-refractivity contribution in [2.75, 3.05) is 12.0 Å². The number of carbonyl (C=O) groups is 3. The molecule has 1 unspecified atom stereocenters. The Morgan fingerprint density at radius 3 is 2.19 bits per heavy atom. The Balaban J connectivity index is 1.62. The second-order valence-corrected chi connectivity index (χ2v) is 12.6. The highest BCUT2D eigenvalue weighted by Gasteiger charge is 2.48. The summed E-state index contributed by atoms with van der Waals surface area (Å²) in [6.45, 7) is 1.84. The number of methoxy groups -OCH3 is 1. The van der Waals surface area contributed by atoms with Gasteiger partial charge in [0.15, 0.2) is 5.13 Å². The van der Waals surface area contributed by atoms with E-state index in [9.17, 15) is 38.0 Å². The van der Waals surface area contributed by atoms with Crippen LogP contribution >= 0.6 is 11.3 Å². The van der Waals surface area contributed by atoms with Crippen molar-refractivity contribution in [3.05, 3.63) is 117 Å². The average Bonchev–Trinajstić information content (AvgIpc) is 3.60. The van der Waals surface area contributed by atoms with Gasteiger partial charge in [-0.15, -0.1) is 0 Å². The van der Waals surface area contributed by atoms with Crippen LogP contribution in [0.5, 0.6) is 0 Å². The van der Waals surface area contributed by atoms with Crippen LogP contribution in [0.1, 0.15) is 33.1 Å². The zero-order valence-corrected chi connectivity index (χ0v) is 24.1. The molecule has 1 fully saturated rings. The van der Waals surface area contributed by atoms with Crippen molar-refractivity contribution in [3.8, 4) is 0 Å². The number of esters is 1. The van der Waals surface area contributed by atoms with Gasteiger partial charge < -0.3 is 9.84 Å². The van der Waals surface area contributed by atoms with Gasteiger partial charge in [0.2, 0.25) is 9.84 Å². The lowest BCUT2D eigenvalue weighted by atomic mass is 9.94. The number of aliphatic hydroxyl groups excluding tert-OH is 1. The van der Waals surface area contributed by atoms with E-state index in [-0.39, 0.29) is 36.6 Å². The second kappa shape index (κ2) is 11.2. The standard InChI is InChI=1S/C29H21N3O9S2/c1-16-3-5-18(6-4-16)25(33)23-24(17-7-9-19(10-8-17)28(36)41-2)31(27(35)26(23)34)29-30-15-22(42-29)43(39,40)21-13-11-20(12-14-21)32(37)38/h3-15,24,33H,1-2H3/b25-23+. The van der Waals surface area contributed by atoms with E-state index in [1.165, 1.54) is 31.4 Å². The third-order valence-electron chi connectivity index (χ3n) is 6.72. The highest BCUT2D eigenvalue weighted by Crippen LogP contribution is 2.44. The van der Waals surface area contributed by atoms with Gasteiger partial charge in [-0.2, -0.15) is 0 Å². The molecule has 0 spiro atoms. The fourth-order valence-corrected chi connectivity index (χ4v) is 7.03. The largest absolute Gasteiger partial charge is 0.507 e. The first kappa shape index (κ1) is 29.3. The highest BCUT2D eigenvalue weighted by atomic mass is 32.2. The summed E-state index contributed by atoms with van der Waals surface area (Å²) in [6, 6.07) is 15.5. The number of rotatable bonds is 7. The monoisotopic (exact) mass is 619 g/mol. The molecule has 1 N–H and O–H groups in total. The molecule has 43 heavy (non-hydrogen) atoms. The smallest absolute Gasteiger partial charge is 0.337 e. The lowest BCUT2D eigenvalue weighted by Gasteiger charge is -2.23. The molecule has 218 valence electrons. The zero-order valence-electron chi connectivity index (χ0n) is 22.5. The normalized spacial score (nSPS) is 16.3. The van der Waals surface area contributed by atoms with Gasteiger partial charge in [-0.3, -0.25) is 24.6 Å². The lowest BCUT2D eigenvalue weighted by molar-refractivity contribution is -0.384. The molecule has 1 atom stereocenters. The number of carbonyl (C=O) groups excluding carboxylic acids is 3. The fraction of sp³-hybridized carbons (Fsp3) is 0.103. The van der Waals surface area contributed by atoms with E-state index < -0.39 is 44.2 Å². The van der Waals surface area contributed by atoms with Crippen LogP contribution in [-0.2, 0) is 24.2 Å². The van der Waals surface area contributed by atoms with E-state index in [0.717, 1.165) is 40.9 Å². The summed E-state index contributed by atoms with van der Waals surface area (Å²) in [7, 11) is -2.98. The van der Waals surface area contributed by atoms with Crippen LogP contribution in [-0.4, -0.2) is 48.2 Å². The van der Waals surface area contributed by atoms with Crippen LogP contribution in [0, 0.1) is 17.0 Å². The number of sulfone groups is 1. The van der Waals surface area contributed by atoms with E-state index in [4.69, 9.17) is 4.74 Å². The number of Topliss-reactive ketones (excluding diaryl/α,β-unsaturated/α-hetero) is 1. The van der Waals surface area contributed by atoms with Crippen LogP contribution in [0.4, 0.5) is 10.8 Å². The number of aryl methyl sites for hydroxylation is 1. The molecular formula is C29H21N3O9S2. The van der Waals surface area contributed by atoms with E-state index in [1.807, 2.05) is 6.92 Å². The number of hydrogen-bond donors (Lipinski definition) is 1. The van der Waals surface area contributed by atoms with Crippen molar-refractivity contribution in [2.45, 2.75) is 22.1 Å². The summed E-state index contributed by atoms with van der Waals surface area (Å²) < 4.78 is 31.0. The number of hydrogen-bond acceptors (Lipinski definition) is 11. The molecule has 14 heteroatoms. The van der Waals surface area contributed by atoms with E-state index in [0.29, 0.717) is 16.9 Å². The van der Waals surface area contributed by atoms with Gasteiger partial charge in [-0.25, -0.2) is 18.2 Å². The SMILES string of the molecule is COC(=O)c1ccc(C2/C(=C(\O)c3ccc(C)cc3)C(=O)C(=O)N2c2ncc(S(=O)(=O)c3ccc([N+](=O)[O-])cc3)s2)cc1. The van der Waals surface area contributed by atoms with Gasteiger partial charge >= 0.3 is 11.9 Å². The first-order valence-corrected chi connectivity index (χ1v) is 14.8. The molecule has 0 aliphatic carbocycles. The lowest BCUT2D eigenvalue weighted by Crippen LogP contribution is -2.29. The van der Waals surface area contributed by atoms with Gasteiger partial charge in [0.05, 0.1) is 40.3 Å². The third-order valence-corrected chi connectivity index (χ3v) is 9.95. The number of aliphatic hydroxyl groups is 1. The number of ketones is 1. The summed E-state index contributed by atoms with van der Waals surface area (Å²) in [5.74, 6) is -3.13. The van der Waals surface area contributed by atoms with Crippen LogP contribution in [0.3, 0.4) is 0 Å². The Bertz CT molecular complexity index is 1910. The number of anilines is 1. The minimum absolute atomic E-state index is 0.146. The predicted molar refractivity (Wildman–Crippen MR) is 154 cm³/mol. The number of nitro groups is 1. The summed E-state index contributed by atoms with van der Waals surface area (Å²) in [5, 5.41) is 22.1. The van der Waals surface area contributed by atoms with Crippen LogP contribution in [0.2, 0.25) is 0 Å². The number of thiazole rings is 1. The summed E-state index contributed by atoms with van der Waals surface area (Å²) in [5.41, 5.74) is 1.16. The number of amides is 1. The molecule has 5 rings (SSSR count). The Morgan fingerprint density at radius 1 is 1.00 bits per heavy atom. The molecule has 3 aromatic carbocycles. The number of nitro benzene ring substituents is 1. The van der Waals surface area contributed by atoms with Gasteiger partial charge in [0.25, 0.3) is 11.5 Å². The number of nitrogens with zero attached hydrogens (tertiary/aromatic N) is 3. The molecule has 1 saturated heterocycles. The van der Waals surface area contributed by atoms with Crippen LogP contribution < -0.4 is 4.90 Å². The maximum absolute atomic E-state index is 13.5. The molecule has 12 nitrogen and oxygen atoms in total. The first-order valence-electron chi connectivity index (χ1n) is 12.5. The average molecular weight is 620 g/mol. The Morgan fingerprint density at radius 2 is 1.60 bits per heavy atom. The summed E-state index contributed by atoms with van der Waals surface area (Å²) >= 11 is 0.611. The Hall–Kier alpha value is -5.21. The van der Waals surface area contributed by atoms with Gasteiger partial charge in [0, 0.05) is 17.7 Å². The maximum Gasteiger partial charge on any atom is 0.337 e. The quantitative estimate of drug-likeness (QED) is 0.0768. The molecule has 0 saturated carbocycles. The fourth-order valence-electron chi connectivity index (χ4n) is 4.48. The molecule has 0 bridgehead atoms. The summed E-state index contributed by atoms with van der Waals surface area (Å²) in [4.78, 5) is 54.1. The predicted octanol–water partition coefficient (Wildman–Crippen LogP) is 4.61. The number of aromatic nitrogens is 1. The van der Waals surface area contributed by atoms with Crippen LogP contribution in [0.15, 0.2) is 93.7 Å². The molecule has 2 heterocycles. The number of ether oxygens (including phenoxy) is 1. The van der Waals surface area contributed by atoms with Crippen molar-refractivity contribution in [3.63, 3.8) is 0 Å². The molecule has 0 radical (unpaired) electrons. The minimum atomic E-state index is -4.20. The van der Waals surface area contributed by atoms with Crippen molar-refractivity contribution in [2.24, 2.45) is 0 Å². The molecular weight excluding hydrogens is 598 g/mol. The molecule has 1 amide bonds. The molecule has 1 aliphatic rings. The molecule has 4 aromatic rings. The van der Waals surface area contributed by atoms with Gasteiger partial charge in [-0.05, 0) is 36.8 Å².